The van der Waals surface area contributed by atoms with Crippen molar-refractivity contribution < 1.29 is 9.90 Å². The number of aliphatic carboxylic acids is 1. The molecular weight excluding hydrogens is 344 g/mol. The number of allylic oxidation sites excluding steroid dienone is 1. The van der Waals surface area contributed by atoms with E-state index < -0.39 is 5.97 Å². The van der Waals surface area contributed by atoms with Crippen molar-refractivity contribution in [2.45, 2.75) is 90.9 Å². The van der Waals surface area contributed by atoms with Gasteiger partial charge in [0.15, 0.2) is 0 Å². The van der Waals surface area contributed by atoms with Gasteiger partial charge in [-0.25, -0.2) is 4.79 Å². The predicted octanol–water partition coefficient (Wildman–Crippen LogP) is 6.46. The smallest absolute Gasteiger partial charge is 0.330 e. The molecular formula is C26H38O2. The van der Waals surface area contributed by atoms with Gasteiger partial charge >= 0.3 is 5.97 Å². The van der Waals surface area contributed by atoms with E-state index in [0.717, 1.165) is 35.5 Å². The van der Waals surface area contributed by atoms with Crippen LogP contribution in [0, 0.1) is 51.8 Å². The second kappa shape index (κ2) is 5.67. The van der Waals surface area contributed by atoms with Crippen molar-refractivity contribution in [1.82, 2.24) is 0 Å². The molecule has 2 heteroatoms. The van der Waals surface area contributed by atoms with Gasteiger partial charge in [0.2, 0.25) is 0 Å². The zero-order chi connectivity index (χ0) is 19.3. The fraction of sp³-hybridized carbons (Fsp3) is 0.885. The number of carbonyl (C=O) groups is 1. The van der Waals surface area contributed by atoms with Crippen LogP contribution in [0.5, 0.6) is 0 Å². The van der Waals surface area contributed by atoms with Crippen molar-refractivity contribution in [3.63, 3.8) is 0 Å². The largest absolute Gasteiger partial charge is 0.478 e. The Morgan fingerprint density at radius 3 is 1.29 bits per heavy atom. The lowest BCUT2D eigenvalue weighted by Gasteiger charge is -2.71. The van der Waals surface area contributed by atoms with Crippen LogP contribution in [-0.2, 0) is 4.79 Å². The summed E-state index contributed by atoms with van der Waals surface area (Å²) < 4.78 is 0. The molecule has 8 bridgehead atoms. The van der Waals surface area contributed by atoms with Gasteiger partial charge < -0.3 is 5.11 Å². The third-order valence-corrected chi connectivity index (χ3v) is 11.1. The fourth-order valence-corrected chi connectivity index (χ4v) is 10.9. The van der Waals surface area contributed by atoms with Crippen LogP contribution in [-0.4, -0.2) is 11.1 Å². The first-order valence-electron chi connectivity index (χ1n) is 12.2. The molecule has 154 valence electrons. The Hall–Kier alpha value is -0.790. The van der Waals surface area contributed by atoms with E-state index >= 15 is 0 Å². The Kier molecular flexibility index (Phi) is 3.65. The number of rotatable bonds is 4. The van der Waals surface area contributed by atoms with Crippen LogP contribution in [0.25, 0.3) is 0 Å². The summed E-state index contributed by atoms with van der Waals surface area (Å²) in [7, 11) is 0. The highest BCUT2D eigenvalue weighted by Crippen LogP contribution is 2.76. The molecule has 8 rings (SSSR count). The van der Waals surface area contributed by atoms with Gasteiger partial charge in [0.25, 0.3) is 0 Å². The number of hydrogen-bond acceptors (Lipinski definition) is 1. The van der Waals surface area contributed by atoms with Crippen molar-refractivity contribution in [1.29, 1.82) is 0 Å². The molecule has 8 aliphatic rings. The Morgan fingerprint density at radius 1 is 0.750 bits per heavy atom. The number of hydrogen-bond donors (Lipinski definition) is 1. The molecule has 1 N–H and O–H groups in total. The van der Waals surface area contributed by atoms with E-state index in [1.165, 1.54) is 77.0 Å². The summed E-state index contributed by atoms with van der Waals surface area (Å²) in [5.41, 5.74) is 1.46. The predicted molar refractivity (Wildman–Crippen MR) is 111 cm³/mol. The third-order valence-electron chi connectivity index (χ3n) is 11.1. The average molecular weight is 383 g/mol. The molecule has 0 aliphatic heterocycles. The molecule has 2 nitrogen and oxygen atoms in total. The maximum absolute atomic E-state index is 12.0. The van der Waals surface area contributed by atoms with E-state index in [9.17, 15) is 9.90 Å². The van der Waals surface area contributed by atoms with Crippen molar-refractivity contribution in [2.75, 3.05) is 0 Å². The standard InChI is InChI=1S/C26H38O2/c1-16(23(27)28)9-24(2,25-10-17-3-18(11-25)5-19(4-17)12-25)26-13-20-6-21(14-26)8-22(7-20)15-26/h9,17-22H,3-8,10-15H2,1-2H3,(H,27,28). The Labute approximate surface area is 170 Å². The summed E-state index contributed by atoms with van der Waals surface area (Å²) in [6.45, 7) is 4.45. The van der Waals surface area contributed by atoms with Gasteiger partial charge in [-0.1, -0.05) is 13.0 Å². The van der Waals surface area contributed by atoms with Crippen LogP contribution in [0.1, 0.15) is 90.9 Å². The van der Waals surface area contributed by atoms with Gasteiger partial charge in [-0.05, 0) is 136 Å². The Balaban J connectivity index is 1.50. The highest BCUT2D eigenvalue weighted by molar-refractivity contribution is 5.86. The lowest BCUT2D eigenvalue weighted by molar-refractivity contribution is -0.201. The molecule has 0 amide bonds. The van der Waals surface area contributed by atoms with Crippen molar-refractivity contribution in [2.24, 2.45) is 51.8 Å². The van der Waals surface area contributed by atoms with Crippen LogP contribution in [0.3, 0.4) is 0 Å². The van der Waals surface area contributed by atoms with E-state index in [1.54, 1.807) is 0 Å². The van der Waals surface area contributed by atoms with Gasteiger partial charge in [-0.3, -0.25) is 0 Å². The number of carboxylic acid groups (broad SMARTS) is 1. The summed E-state index contributed by atoms with van der Waals surface area (Å²) in [6.07, 6.45) is 19.5. The van der Waals surface area contributed by atoms with Crippen LogP contribution < -0.4 is 0 Å². The van der Waals surface area contributed by atoms with E-state index in [-0.39, 0.29) is 5.41 Å². The Morgan fingerprint density at radius 2 is 1.04 bits per heavy atom. The Bertz CT molecular complexity index is 614. The minimum atomic E-state index is -0.694. The summed E-state index contributed by atoms with van der Waals surface area (Å²) in [5.74, 6) is 4.88. The molecule has 0 radical (unpaired) electrons. The molecule has 0 heterocycles. The summed E-state index contributed by atoms with van der Waals surface area (Å²) in [5, 5.41) is 9.84. The third kappa shape index (κ3) is 2.30. The van der Waals surface area contributed by atoms with Crippen LogP contribution in [0.4, 0.5) is 0 Å². The normalized spacial score (nSPS) is 53.4. The quantitative estimate of drug-likeness (QED) is 0.567. The second-order valence-corrected chi connectivity index (χ2v) is 12.7. The van der Waals surface area contributed by atoms with Gasteiger partial charge in [-0.15, -0.1) is 0 Å². The first-order chi connectivity index (χ1) is 13.3. The minimum absolute atomic E-state index is 0.0779. The van der Waals surface area contributed by atoms with E-state index in [0.29, 0.717) is 16.4 Å². The first kappa shape index (κ1) is 18.0. The zero-order valence-electron chi connectivity index (χ0n) is 17.9. The highest BCUT2D eigenvalue weighted by atomic mass is 16.4. The van der Waals surface area contributed by atoms with Gasteiger partial charge in [-0.2, -0.15) is 0 Å². The summed E-state index contributed by atoms with van der Waals surface area (Å²) >= 11 is 0. The molecule has 8 fully saturated rings. The molecule has 8 saturated carbocycles. The molecule has 0 saturated heterocycles. The van der Waals surface area contributed by atoms with E-state index in [4.69, 9.17) is 0 Å². The van der Waals surface area contributed by atoms with Crippen LogP contribution in [0.2, 0.25) is 0 Å². The maximum atomic E-state index is 12.0. The topological polar surface area (TPSA) is 37.3 Å². The van der Waals surface area contributed by atoms with E-state index in [2.05, 4.69) is 13.0 Å². The molecule has 0 atom stereocenters. The molecule has 8 aliphatic carbocycles. The van der Waals surface area contributed by atoms with Crippen molar-refractivity contribution >= 4 is 5.97 Å². The highest BCUT2D eigenvalue weighted by Gasteiger charge is 2.67. The van der Waals surface area contributed by atoms with Crippen molar-refractivity contribution in [3.8, 4) is 0 Å². The van der Waals surface area contributed by atoms with Gasteiger partial charge in [0.05, 0.1) is 0 Å². The molecule has 0 unspecified atom stereocenters. The molecule has 0 aromatic carbocycles. The SMILES string of the molecule is CC(=CC(C)(C12CC3CC(CC(C3)C1)C2)C12CC3CC(CC(C3)C1)C2)C(=O)O. The summed E-state index contributed by atoms with van der Waals surface area (Å²) in [4.78, 5) is 12.0. The first-order valence-corrected chi connectivity index (χ1v) is 12.2. The molecule has 28 heavy (non-hydrogen) atoms. The monoisotopic (exact) mass is 382 g/mol. The molecule has 0 aromatic heterocycles. The maximum Gasteiger partial charge on any atom is 0.330 e. The van der Waals surface area contributed by atoms with Gasteiger partial charge in [0.1, 0.15) is 0 Å². The van der Waals surface area contributed by atoms with Crippen LogP contribution >= 0.6 is 0 Å². The van der Waals surface area contributed by atoms with Crippen LogP contribution in [0.15, 0.2) is 11.6 Å². The van der Waals surface area contributed by atoms with Crippen molar-refractivity contribution in [3.05, 3.63) is 11.6 Å². The fourth-order valence-electron chi connectivity index (χ4n) is 10.9. The zero-order valence-corrected chi connectivity index (χ0v) is 17.9. The summed E-state index contributed by atoms with van der Waals surface area (Å²) in [6, 6.07) is 0. The second-order valence-electron chi connectivity index (χ2n) is 12.7. The van der Waals surface area contributed by atoms with E-state index in [1.807, 2.05) is 6.92 Å². The molecule has 0 spiro atoms. The van der Waals surface area contributed by atoms with Gasteiger partial charge in [0, 0.05) is 5.57 Å². The number of carboxylic acids is 1. The molecule has 0 aromatic rings. The average Bonchev–Trinajstić information content (AvgIpc) is 2.59. The lowest BCUT2D eigenvalue weighted by Crippen LogP contribution is -2.63. The minimum Gasteiger partial charge on any atom is -0.478 e. The lowest BCUT2D eigenvalue weighted by atomic mass is 9.33.